The summed E-state index contributed by atoms with van der Waals surface area (Å²) in [7, 11) is 0. The summed E-state index contributed by atoms with van der Waals surface area (Å²) in [6.45, 7) is 0. The average molecular weight is 702 g/mol. The molecule has 2 atom stereocenters. The summed E-state index contributed by atoms with van der Waals surface area (Å²) in [5.41, 5.74) is -1.24. The van der Waals surface area contributed by atoms with Crippen LogP contribution in [0.1, 0.15) is 21.8 Å². The summed E-state index contributed by atoms with van der Waals surface area (Å²) in [5, 5.41) is 6.52. The molecular weight excluding hydrogens is 688 g/mol. The largest absolute Gasteiger partial charge is 0.326 e. The quantitative estimate of drug-likeness (QED) is 0.172. The maximum atomic E-state index is 14.7. The van der Waals surface area contributed by atoms with Gasteiger partial charge in [0.25, 0.3) is 11.8 Å². The predicted octanol–water partition coefficient (Wildman–Crippen LogP) is 8.02. The lowest BCUT2D eigenvalue weighted by Crippen LogP contribution is -2.22. The van der Waals surface area contributed by atoms with E-state index in [1.807, 2.05) is 0 Å². The smallest absolute Gasteiger partial charge is 0.315 e. The Kier molecular flexibility index (Phi) is 8.91. The van der Waals surface area contributed by atoms with E-state index in [1.165, 1.54) is 23.5 Å². The topological polar surface area (TPSA) is 87.3 Å². The van der Waals surface area contributed by atoms with Gasteiger partial charge in [-0.25, -0.2) is 8.78 Å². The van der Waals surface area contributed by atoms with Crippen LogP contribution in [0.2, 0.25) is 10.0 Å². The van der Waals surface area contributed by atoms with E-state index in [9.17, 15) is 31.9 Å². The molecule has 1 saturated carbocycles. The molecule has 0 aromatic heterocycles. The monoisotopic (exact) mass is 699 g/mol. The lowest BCUT2D eigenvalue weighted by Gasteiger charge is -2.13. The molecule has 3 aromatic rings. The van der Waals surface area contributed by atoms with Crippen molar-refractivity contribution in [2.75, 3.05) is 16.0 Å². The first kappa shape index (κ1) is 30.4. The third kappa shape index (κ3) is 6.18. The van der Waals surface area contributed by atoms with Gasteiger partial charge in [0.05, 0.1) is 27.2 Å². The van der Waals surface area contributed by atoms with Crippen LogP contribution in [0.4, 0.5) is 34.6 Å². The van der Waals surface area contributed by atoms with Gasteiger partial charge < -0.3 is 16.0 Å². The van der Waals surface area contributed by atoms with Crippen molar-refractivity contribution in [2.24, 2.45) is 5.92 Å². The highest BCUT2D eigenvalue weighted by Gasteiger charge is 2.67. The lowest BCUT2D eigenvalue weighted by molar-refractivity contribution is -0.126. The van der Waals surface area contributed by atoms with Crippen molar-refractivity contribution < 1.29 is 31.9 Å². The summed E-state index contributed by atoms with van der Waals surface area (Å²) >= 11 is 28.2. The summed E-state index contributed by atoms with van der Waals surface area (Å²) in [6.07, 6.45) is -3.53. The lowest BCUT2D eigenvalue weighted by atomic mass is 10.1. The van der Waals surface area contributed by atoms with Crippen molar-refractivity contribution in [1.82, 2.24) is 0 Å². The Labute approximate surface area is 252 Å². The summed E-state index contributed by atoms with van der Waals surface area (Å²) < 4.78 is 52.9. The molecule has 40 heavy (non-hydrogen) atoms. The van der Waals surface area contributed by atoms with Gasteiger partial charge in [0.2, 0.25) is 5.91 Å². The number of halogens is 9. The van der Waals surface area contributed by atoms with Gasteiger partial charge in [-0.2, -0.15) is 8.78 Å². The fourth-order valence-corrected chi connectivity index (χ4v) is 5.45. The predicted molar refractivity (Wildman–Crippen MR) is 149 cm³/mol. The zero-order chi connectivity index (χ0) is 29.5. The van der Waals surface area contributed by atoms with E-state index in [4.69, 9.17) is 46.4 Å². The fourth-order valence-electron chi connectivity index (χ4n) is 3.90. The molecule has 3 aromatic carbocycles. The molecule has 210 valence electrons. The number of rotatable bonds is 7. The molecule has 1 aliphatic carbocycles. The van der Waals surface area contributed by atoms with Gasteiger partial charge in [-0.1, -0.05) is 29.3 Å². The van der Waals surface area contributed by atoms with Crippen molar-refractivity contribution >= 4 is 97.1 Å². The van der Waals surface area contributed by atoms with E-state index >= 15 is 0 Å². The summed E-state index contributed by atoms with van der Waals surface area (Å²) in [6, 6.07) is 10.4. The molecule has 1 fully saturated rings. The van der Waals surface area contributed by atoms with Crippen LogP contribution >= 0.6 is 62.3 Å². The Balaban J connectivity index is 1.51. The van der Waals surface area contributed by atoms with E-state index in [0.29, 0.717) is 21.1 Å². The second kappa shape index (κ2) is 11.7. The SMILES string of the molecule is O=C(Nc1ccc(F)c(NC(=O)C(F)F)c1F)c1cc(NC(=O)C2[C@H](c3ccc(Cl)c(Br)c3)C2(Cl)Cl)ccc1Cl. The average Bonchev–Trinajstić information content (AvgIpc) is 3.47. The van der Waals surface area contributed by atoms with Crippen LogP contribution in [0, 0.1) is 17.6 Å². The van der Waals surface area contributed by atoms with Crippen LogP contribution in [-0.4, -0.2) is 28.5 Å². The maximum Gasteiger partial charge on any atom is 0.315 e. The maximum absolute atomic E-state index is 14.7. The minimum Gasteiger partial charge on any atom is -0.326 e. The van der Waals surface area contributed by atoms with E-state index in [1.54, 1.807) is 18.2 Å². The Morgan fingerprint density at radius 2 is 1.57 bits per heavy atom. The highest BCUT2D eigenvalue weighted by Crippen LogP contribution is 2.65. The van der Waals surface area contributed by atoms with E-state index in [0.717, 1.165) is 6.07 Å². The number of nitrogens with one attached hydrogen (secondary N) is 3. The zero-order valence-electron chi connectivity index (χ0n) is 19.5. The molecular formula is C25H14BrCl4F4N3O3. The summed E-state index contributed by atoms with van der Waals surface area (Å²) in [5.74, 6) is -7.74. The van der Waals surface area contributed by atoms with Gasteiger partial charge in [-0.3, -0.25) is 14.4 Å². The highest BCUT2D eigenvalue weighted by atomic mass is 79.9. The Morgan fingerprint density at radius 1 is 0.900 bits per heavy atom. The number of anilines is 3. The van der Waals surface area contributed by atoms with E-state index < -0.39 is 63.3 Å². The second-order valence-electron chi connectivity index (χ2n) is 8.52. The number of benzene rings is 3. The minimum absolute atomic E-state index is 0.0939. The number of carbonyl (C=O) groups excluding carboxylic acids is 3. The van der Waals surface area contributed by atoms with Gasteiger partial charge in [-0.15, -0.1) is 23.2 Å². The molecule has 0 bridgehead atoms. The third-order valence-electron chi connectivity index (χ3n) is 5.90. The Hall–Kier alpha value is -2.57. The van der Waals surface area contributed by atoms with E-state index in [-0.39, 0.29) is 16.3 Å². The normalized spacial score (nSPS) is 17.4. The van der Waals surface area contributed by atoms with Gasteiger partial charge >= 0.3 is 6.43 Å². The molecule has 3 N–H and O–H groups in total. The number of hydrogen-bond donors (Lipinski definition) is 3. The Morgan fingerprint density at radius 3 is 2.23 bits per heavy atom. The van der Waals surface area contributed by atoms with Crippen LogP contribution < -0.4 is 16.0 Å². The first-order chi connectivity index (χ1) is 18.7. The molecule has 0 spiro atoms. The number of amides is 3. The number of alkyl halides is 4. The highest BCUT2D eigenvalue weighted by molar-refractivity contribution is 9.10. The van der Waals surface area contributed by atoms with Gasteiger partial charge in [0.15, 0.2) is 5.82 Å². The zero-order valence-corrected chi connectivity index (χ0v) is 24.1. The van der Waals surface area contributed by atoms with E-state index in [2.05, 4.69) is 26.6 Å². The van der Waals surface area contributed by atoms with Gasteiger partial charge in [-0.05, 0) is 64.0 Å². The molecule has 0 aliphatic heterocycles. The van der Waals surface area contributed by atoms with Crippen LogP contribution in [0.5, 0.6) is 0 Å². The number of carbonyl (C=O) groups is 3. The molecule has 3 amide bonds. The fraction of sp³-hybridized carbons (Fsp3) is 0.160. The van der Waals surface area contributed by atoms with Crippen molar-refractivity contribution in [2.45, 2.75) is 16.7 Å². The molecule has 1 aliphatic rings. The third-order valence-corrected chi connectivity index (χ3v) is 8.39. The molecule has 0 radical (unpaired) electrons. The van der Waals surface area contributed by atoms with Crippen molar-refractivity contribution in [1.29, 1.82) is 0 Å². The summed E-state index contributed by atoms with van der Waals surface area (Å²) in [4.78, 5) is 37.1. The van der Waals surface area contributed by atoms with Crippen LogP contribution in [-0.2, 0) is 9.59 Å². The molecule has 15 heteroatoms. The minimum atomic E-state index is -3.53. The molecule has 0 saturated heterocycles. The van der Waals surface area contributed by atoms with Gasteiger partial charge in [0, 0.05) is 16.1 Å². The van der Waals surface area contributed by atoms with Crippen molar-refractivity contribution in [3.05, 3.63) is 85.8 Å². The first-order valence-corrected chi connectivity index (χ1v) is 13.3. The van der Waals surface area contributed by atoms with Crippen molar-refractivity contribution in [3.63, 3.8) is 0 Å². The molecule has 6 nitrogen and oxygen atoms in total. The molecule has 4 rings (SSSR count). The number of hydrogen-bond acceptors (Lipinski definition) is 3. The first-order valence-electron chi connectivity index (χ1n) is 11.0. The molecule has 0 heterocycles. The second-order valence-corrected chi connectivity index (χ2v) is 11.6. The standard InChI is InChI=1S/C25H14BrCl4F4N3O3/c26-12-7-9(1-3-14(12)28)17-18(25(17,29)30)23(39)35-10-2-4-13(27)11(8-10)22(38)36-16-6-5-15(31)20(19(16)32)37-24(40)21(33)34/h1-8,17-18,21H,(H,35,39)(H,36,38)(H,37,40)/t17-,18?/m0/s1. The van der Waals surface area contributed by atoms with Crippen LogP contribution in [0.3, 0.4) is 0 Å². The Bertz CT molecular complexity index is 1540. The van der Waals surface area contributed by atoms with Crippen molar-refractivity contribution in [3.8, 4) is 0 Å². The van der Waals surface area contributed by atoms with Crippen LogP contribution in [0.25, 0.3) is 0 Å². The molecule has 1 unspecified atom stereocenters. The van der Waals surface area contributed by atoms with Crippen LogP contribution in [0.15, 0.2) is 53.0 Å². The van der Waals surface area contributed by atoms with Gasteiger partial charge in [0.1, 0.15) is 15.8 Å².